The lowest BCUT2D eigenvalue weighted by Gasteiger charge is -2.18. The van der Waals surface area contributed by atoms with Crippen LogP contribution < -0.4 is 0 Å². The summed E-state index contributed by atoms with van der Waals surface area (Å²) in [6.07, 6.45) is 0. The average Bonchev–Trinajstić information content (AvgIpc) is 3.44. The van der Waals surface area contributed by atoms with Crippen LogP contribution in [-0.2, 0) is 0 Å². The van der Waals surface area contributed by atoms with Crippen LogP contribution in [0.2, 0.25) is 0 Å². The van der Waals surface area contributed by atoms with Gasteiger partial charge in [0.15, 0.2) is 0 Å². The summed E-state index contributed by atoms with van der Waals surface area (Å²) in [7, 11) is 0. The van der Waals surface area contributed by atoms with Gasteiger partial charge in [0.2, 0.25) is 0 Å². The topological polar surface area (TPSA) is 0 Å². The first-order valence-corrected chi connectivity index (χ1v) is 15.6. The average molecular weight is 563 g/mol. The number of hydrogen-bond donors (Lipinski definition) is 0. The number of hydrogen-bond acceptors (Lipinski definition) is 1. The van der Waals surface area contributed by atoms with Crippen molar-refractivity contribution in [2.24, 2.45) is 0 Å². The molecule has 0 amide bonds. The first-order chi connectivity index (χ1) is 21.3. The molecule has 1 heterocycles. The SMILES string of the molecule is c1ccc(-c2c3ccccc3c(-c3cccc(-c4cccc5sc6cc7ccccc7cc6c45)c3)c3ccccc23)cc1. The first-order valence-electron chi connectivity index (χ1n) is 14.8. The van der Waals surface area contributed by atoms with E-state index in [1.54, 1.807) is 0 Å². The second kappa shape index (κ2) is 9.66. The molecule has 0 saturated heterocycles. The zero-order valence-corrected chi connectivity index (χ0v) is 24.2. The van der Waals surface area contributed by atoms with Crippen molar-refractivity contribution < 1.29 is 0 Å². The second-order valence-electron chi connectivity index (χ2n) is 11.3. The van der Waals surface area contributed by atoms with E-state index in [2.05, 4.69) is 158 Å². The van der Waals surface area contributed by atoms with E-state index < -0.39 is 0 Å². The molecule has 0 atom stereocenters. The van der Waals surface area contributed by atoms with Crippen molar-refractivity contribution in [3.8, 4) is 33.4 Å². The predicted octanol–water partition coefficient (Wildman–Crippen LogP) is 12.5. The Hall–Kier alpha value is -5.24. The monoisotopic (exact) mass is 562 g/mol. The molecule has 1 aromatic heterocycles. The van der Waals surface area contributed by atoms with Crippen LogP contribution in [0.4, 0.5) is 0 Å². The maximum absolute atomic E-state index is 2.40. The molecular formula is C42H26S. The van der Waals surface area contributed by atoms with Gasteiger partial charge in [0.05, 0.1) is 0 Å². The maximum atomic E-state index is 2.40. The number of thiophene rings is 1. The van der Waals surface area contributed by atoms with Crippen molar-refractivity contribution in [1.29, 1.82) is 0 Å². The van der Waals surface area contributed by atoms with Gasteiger partial charge in [-0.1, -0.05) is 133 Å². The van der Waals surface area contributed by atoms with Crippen LogP contribution in [0, 0.1) is 0 Å². The quantitative estimate of drug-likeness (QED) is 0.188. The Labute approximate surface area is 254 Å². The number of fused-ring (bicyclic) bond motifs is 6. The van der Waals surface area contributed by atoms with Gasteiger partial charge >= 0.3 is 0 Å². The zero-order valence-electron chi connectivity index (χ0n) is 23.4. The van der Waals surface area contributed by atoms with Crippen LogP contribution in [-0.4, -0.2) is 0 Å². The summed E-state index contributed by atoms with van der Waals surface area (Å²) in [6.45, 7) is 0. The van der Waals surface area contributed by atoms with Crippen LogP contribution in [0.1, 0.15) is 0 Å². The highest BCUT2D eigenvalue weighted by Gasteiger charge is 2.18. The molecule has 0 nitrogen and oxygen atoms in total. The third-order valence-electron chi connectivity index (χ3n) is 8.82. The summed E-state index contributed by atoms with van der Waals surface area (Å²) in [6, 6.07) is 57.9. The van der Waals surface area contributed by atoms with Crippen LogP contribution >= 0.6 is 11.3 Å². The largest absolute Gasteiger partial charge is 0.135 e. The Morgan fingerprint density at radius 1 is 0.326 bits per heavy atom. The second-order valence-corrected chi connectivity index (χ2v) is 12.3. The van der Waals surface area contributed by atoms with E-state index in [9.17, 15) is 0 Å². The fourth-order valence-electron chi connectivity index (χ4n) is 6.95. The van der Waals surface area contributed by atoms with Crippen LogP contribution in [0.25, 0.3) is 85.9 Å². The smallest absolute Gasteiger partial charge is 0.0362 e. The van der Waals surface area contributed by atoms with E-state index in [0.29, 0.717) is 0 Å². The van der Waals surface area contributed by atoms with Gasteiger partial charge in [-0.15, -0.1) is 11.3 Å². The van der Waals surface area contributed by atoms with Crippen LogP contribution in [0.5, 0.6) is 0 Å². The molecule has 0 aliphatic carbocycles. The fraction of sp³-hybridized carbons (Fsp3) is 0. The van der Waals surface area contributed by atoms with Gasteiger partial charge in [0.1, 0.15) is 0 Å². The van der Waals surface area contributed by atoms with Crippen molar-refractivity contribution in [3.05, 3.63) is 158 Å². The van der Waals surface area contributed by atoms with E-state index in [4.69, 9.17) is 0 Å². The molecule has 0 fully saturated rings. The summed E-state index contributed by atoms with van der Waals surface area (Å²) in [5.41, 5.74) is 7.62. The van der Waals surface area contributed by atoms with Crippen molar-refractivity contribution in [2.75, 3.05) is 0 Å². The molecular weight excluding hydrogens is 537 g/mol. The molecule has 0 N–H and O–H groups in total. The van der Waals surface area contributed by atoms with Gasteiger partial charge < -0.3 is 0 Å². The zero-order chi connectivity index (χ0) is 28.3. The molecule has 9 aromatic rings. The Bertz CT molecular complexity index is 2440. The van der Waals surface area contributed by atoms with E-state index in [-0.39, 0.29) is 0 Å². The minimum Gasteiger partial charge on any atom is -0.135 e. The molecule has 9 rings (SSSR count). The molecule has 0 spiro atoms. The van der Waals surface area contributed by atoms with Crippen molar-refractivity contribution in [1.82, 2.24) is 0 Å². The summed E-state index contributed by atoms with van der Waals surface area (Å²) >= 11 is 1.89. The molecule has 0 bridgehead atoms. The standard InChI is InChI=1S/C42H26S/c1-2-12-27(13-3-1)40-33-18-6-8-20-35(33)41(36-21-9-7-19-34(36)40)31-17-10-16-30(24-31)32-22-11-23-38-42(32)37-25-28-14-4-5-15-29(28)26-39(37)43-38/h1-26H. The van der Waals surface area contributed by atoms with E-state index in [1.165, 1.54) is 85.9 Å². The Morgan fingerprint density at radius 2 is 0.860 bits per heavy atom. The van der Waals surface area contributed by atoms with Gasteiger partial charge in [0.25, 0.3) is 0 Å². The minimum atomic E-state index is 1.24. The van der Waals surface area contributed by atoms with Gasteiger partial charge in [-0.25, -0.2) is 0 Å². The van der Waals surface area contributed by atoms with Gasteiger partial charge in [0, 0.05) is 20.2 Å². The van der Waals surface area contributed by atoms with Crippen molar-refractivity contribution >= 4 is 63.8 Å². The van der Waals surface area contributed by atoms with Crippen LogP contribution in [0.15, 0.2) is 158 Å². The summed E-state index contributed by atoms with van der Waals surface area (Å²) < 4.78 is 2.67. The molecule has 1 heteroatoms. The lowest BCUT2D eigenvalue weighted by Crippen LogP contribution is -1.91. The minimum absolute atomic E-state index is 1.24. The van der Waals surface area contributed by atoms with Gasteiger partial charge in [-0.05, 0) is 90.0 Å². The molecule has 0 unspecified atom stereocenters. The molecule has 0 radical (unpaired) electrons. The maximum Gasteiger partial charge on any atom is 0.0362 e. The van der Waals surface area contributed by atoms with Crippen LogP contribution in [0.3, 0.4) is 0 Å². The normalized spacial score (nSPS) is 11.7. The van der Waals surface area contributed by atoms with Crippen molar-refractivity contribution in [3.63, 3.8) is 0 Å². The highest BCUT2D eigenvalue weighted by atomic mass is 32.1. The van der Waals surface area contributed by atoms with Crippen molar-refractivity contribution in [2.45, 2.75) is 0 Å². The van der Waals surface area contributed by atoms with Gasteiger partial charge in [-0.3, -0.25) is 0 Å². The van der Waals surface area contributed by atoms with E-state index in [0.717, 1.165) is 0 Å². The molecule has 43 heavy (non-hydrogen) atoms. The molecule has 0 aliphatic rings. The lowest BCUT2D eigenvalue weighted by molar-refractivity contribution is 1.64. The summed E-state index contributed by atoms with van der Waals surface area (Å²) in [4.78, 5) is 0. The Morgan fingerprint density at radius 3 is 1.56 bits per heavy atom. The highest BCUT2D eigenvalue weighted by Crippen LogP contribution is 2.46. The Kier molecular flexibility index (Phi) is 5.47. The molecule has 8 aromatic carbocycles. The number of rotatable bonds is 3. The first kappa shape index (κ1) is 24.4. The molecule has 0 aliphatic heterocycles. The predicted molar refractivity (Wildman–Crippen MR) is 188 cm³/mol. The fourth-order valence-corrected chi connectivity index (χ4v) is 8.11. The summed E-state index contributed by atoms with van der Waals surface area (Å²) in [5, 5.41) is 10.4. The Balaban J connectivity index is 1.32. The lowest BCUT2D eigenvalue weighted by atomic mass is 9.85. The third kappa shape index (κ3) is 3.82. The number of benzene rings is 8. The third-order valence-corrected chi connectivity index (χ3v) is 9.94. The highest BCUT2D eigenvalue weighted by molar-refractivity contribution is 7.26. The van der Waals surface area contributed by atoms with E-state index >= 15 is 0 Å². The van der Waals surface area contributed by atoms with Gasteiger partial charge in [-0.2, -0.15) is 0 Å². The molecule has 0 saturated carbocycles. The summed E-state index contributed by atoms with van der Waals surface area (Å²) in [5.74, 6) is 0. The molecule has 200 valence electrons. The van der Waals surface area contributed by atoms with E-state index in [1.807, 2.05) is 11.3 Å².